The van der Waals surface area contributed by atoms with Crippen molar-refractivity contribution in [3.8, 4) is 0 Å². The predicted octanol–water partition coefficient (Wildman–Crippen LogP) is 1.28. The van der Waals surface area contributed by atoms with Gasteiger partial charge in [0.2, 0.25) is 0 Å². The Bertz CT molecular complexity index is 257. The Morgan fingerprint density at radius 1 is 1.50 bits per heavy atom. The van der Waals surface area contributed by atoms with Crippen LogP contribution in [0.1, 0.15) is 19.3 Å². The smallest absolute Gasteiger partial charge is 0.295 e. The van der Waals surface area contributed by atoms with E-state index >= 15 is 0 Å². The van der Waals surface area contributed by atoms with Crippen LogP contribution in [0.2, 0.25) is 0 Å². The van der Waals surface area contributed by atoms with Crippen LogP contribution in [0.25, 0.3) is 5.53 Å². The fraction of sp³-hybridized carbons (Fsp3) is 0.444. The minimum Gasteiger partial charge on any atom is -0.361 e. The Balaban J connectivity index is 2.46. The van der Waals surface area contributed by atoms with Crippen molar-refractivity contribution in [1.29, 1.82) is 0 Å². The molecule has 3 nitrogen and oxygen atoms in total. The predicted molar refractivity (Wildman–Crippen MR) is 48.8 cm³/mol. The fourth-order valence-corrected chi connectivity index (χ4v) is 1.14. The molecule has 0 fully saturated rings. The van der Waals surface area contributed by atoms with Gasteiger partial charge in [-0.2, -0.15) is 4.79 Å². The molecule has 0 atom stereocenters. The normalized spacial score (nSPS) is 15.8. The first kappa shape index (κ1) is 8.91. The summed E-state index contributed by atoms with van der Waals surface area (Å²) in [6.07, 6.45) is 8.66. The van der Waals surface area contributed by atoms with Crippen LogP contribution in [-0.2, 0) is 0 Å². The molecule has 0 aromatic heterocycles. The zero-order valence-electron chi connectivity index (χ0n) is 7.03. The maximum atomic E-state index is 8.44. The van der Waals surface area contributed by atoms with Crippen LogP contribution >= 0.6 is 0 Å². The van der Waals surface area contributed by atoms with Crippen LogP contribution in [0.15, 0.2) is 23.8 Å². The summed E-state index contributed by atoms with van der Waals surface area (Å²) < 4.78 is 0. The van der Waals surface area contributed by atoms with Crippen molar-refractivity contribution in [1.82, 2.24) is 0 Å². The molecule has 0 aromatic rings. The number of allylic oxidation sites excluding steroid dienone is 4. The molecule has 0 unspecified atom stereocenters. The Hall–Kier alpha value is -1.18. The van der Waals surface area contributed by atoms with E-state index in [2.05, 4.69) is 10.9 Å². The Morgan fingerprint density at radius 3 is 2.83 bits per heavy atom. The number of nitrogens with two attached hydrogens (primary N) is 1. The van der Waals surface area contributed by atoms with Crippen LogP contribution in [0, 0.1) is 0 Å². The molecule has 0 spiro atoms. The monoisotopic (exact) mass is 163 g/mol. The van der Waals surface area contributed by atoms with Crippen molar-refractivity contribution in [2.45, 2.75) is 19.3 Å². The first-order valence-corrected chi connectivity index (χ1v) is 4.15. The van der Waals surface area contributed by atoms with Gasteiger partial charge in [0.15, 0.2) is 0 Å². The lowest BCUT2D eigenvalue weighted by Crippen LogP contribution is -2.02. The topological polar surface area (TPSA) is 62.4 Å². The molecular weight excluding hydrogens is 150 g/mol. The van der Waals surface area contributed by atoms with Crippen LogP contribution in [0.5, 0.6) is 0 Å². The van der Waals surface area contributed by atoms with Crippen molar-refractivity contribution < 1.29 is 4.79 Å². The van der Waals surface area contributed by atoms with Gasteiger partial charge in [-0.25, -0.2) is 0 Å². The molecule has 0 aromatic carbocycles. The number of hydrogen-bond acceptors (Lipinski definition) is 1. The average molecular weight is 163 g/mol. The van der Waals surface area contributed by atoms with E-state index in [0.29, 0.717) is 5.71 Å². The molecular formula is C9H13N3. The zero-order chi connectivity index (χ0) is 8.81. The summed E-state index contributed by atoms with van der Waals surface area (Å²) in [4.78, 5) is 3.12. The van der Waals surface area contributed by atoms with Gasteiger partial charge in [0.1, 0.15) is 0 Å². The quantitative estimate of drug-likeness (QED) is 0.494. The largest absolute Gasteiger partial charge is 0.361 e. The third-order valence-electron chi connectivity index (χ3n) is 1.86. The summed E-state index contributed by atoms with van der Waals surface area (Å²) in [5, 5.41) is 0. The maximum Gasteiger partial charge on any atom is 0.295 e. The maximum absolute atomic E-state index is 8.44. The van der Waals surface area contributed by atoms with Gasteiger partial charge >= 0.3 is 0 Å². The Kier molecular flexibility index (Phi) is 3.45. The molecule has 2 N–H and O–H groups in total. The van der Waals surface area contributed by atoms with Crippen molar-refractivity contribution in [2.24, 2.45) is 5.73 Å². The van der Waals surface area contributed by atoms with E-state index in [1.165, 1.54) is 5.57 Å². The van der Waals surface area contributed by atoms with Gasteiger partial charge in [-0.15, -0.1) is 0 Å². The highest BCUT2D eigenvalue weighted by molar-refractivity contribution is 5.93. The minimum absolute atomic E-state index is 0.714. The average Bonchev–Trinajstić information content (AvgIpc) is 2.15. The lowest BCUT2D eigenvalue weighted by Gasteiger charge is -2.02. The molecule has 0 saturated carbocycles. The van der Waals surface area contributed by atoms with Crippen molar-refractivity contribution in [3.05, 3.63) is 29.3 Å². The molecule has 0 aliphatic heterocycles. The first-order valence-electron chi connectivity index (χ1n) is 4.15. The highest BCUT2D eigenvalue weighted by atomic mass is 14.8. The molecule has 0 saturated heterocycles. The van der Waals surface area contributed by atoms with E-state index < -0.39 is 0 Å². The molecule has 3 heteroatoms. The Morgan fingerprint density at radius 2 is 2.33 bits per heavy atom. The molecule has 0 bridgehead atoms. The van der Waals surface area contributed by atoms with Crippen molar-refractivity contribution in [3.63, 3.8) is 0 Å². The second-order valence-electron chi connectivity index (χ2n) is 2.80. The van der Waals surface area contributed by atoms with Gasteiger partial charge in [-0.3, -0.25) is 0 Å². The summed E-state index contributed by atoms with van der Waals surface area (Å²) in [6, 6.07) is 0. The number of hydrogen-bond donors (Lipinski definition) is 1. The van der Waals surface area contributed by atoms with Crippen LogP contribution in [-0.4, -0.2) is 17.0 Å². The third-order valence-corrected chi connectivity index (χ3v) is 1.86. The minimum atomic E-state index is 0.714. The van der Waals surface area contributed by atoms with E-state index in [-0.39, 0.29) is 0 Å². The lowest BCUT2D eigenvalue weighted by molar-refractivity contribution is -0.00541. The third kappa shape index (κ3) is 2.46. The van der Waals surface area contributed by atoms with Crippen molar-refractivity contribution >= 4 is 5.71 Å². The standard InChI is InChI=1S/C9H13N3/c10-7-1-2-8-3-5-9(12-11)6-4-8/h3-5H,1-2,6-7,10H2. The first-order chi connectivity index (χ1) is 5.86. The van der Waals surface area contributed by atoms with Gasteiger partial charge < -0.3 is 11.3 Å². The molecule has 12 heavy (non-hydrogen) atoms. The number of nitrogens with zero attached hydrogens (tertiary/aromatic N) is 2. The molecule has 0 heterocycles. The molecule has 1 aliphatic carbocycles. The van der Waals surface area contributed by atoms with E-state index in [9.17, 15) is 0 Å². The fourth-order valence-electron chi connectivity index (χ4n) is 1.14. The zero-order valence-corrected chi connectivity index (χ0v) is 7.03. The van der Waals surface area contributed by atoms with E-state index in [0.717, 1.165) is 25.8 Å². The van der Waals surface area contributed by atoms with Gasteiger partial charge in [0.05, 0.1) is 6.42 Å². The Labute approximate surface area is 72.2 Å². The summed E-state index contributed by atoms with van der Waals surface area (Å²) in [7, 11) is 0. The summed E-state index contributed by atoms with van der Waals surface area (Å²) >= 11 is 0. The van der Waals surface area contributed by atoms with Crippen molar-refractivity contribution in [2.75, 3.05) is 6.54 Å². The molecule has 1 aliphatic rings. The van der Waals surface area contributed by atoms with E-state index in [1.807, 2.05) is 12.2 Å². The number of rotatable bonds is 3. The van der Waals surface area contributed by atoms with Crippen LogP contribution in [0.4, 0.5) is 0 Å². The second-order valence-corrected chi connectivity index (χ2v) is 2.80. The highest BCUT2D eigenvalue weighted by Gasteiger charge is 2.06. The second kappa shape index (κ2) is 4.65. The SMILES string of the molecule is [N-]=[N+]=C1C=CC(CCCN)=CC1. The molecule has 0 radical (unpaired) electrons. The van der Waals surface area contributed by atoms with Gasteiger partial charge in [0.25, 0.3) is 5.71 Å². The molecule has 0 amide bonds. The lowest BCUT2D eigenvalue weighted by atomic mass is 10.0. The van der Waals surface area contributed by atoms with Crippen LogP contribution in [0.3, 0.4) is 0 Å². The molecule has 1 rings (SSSR count). The van der Waals surface area contributed by atoms with Crippen LogP contribution < -0.4 is 5.73 Å². The van der Waals surface area contributed by atoms with Gasteiger partial charge in [-0.1, -0.05) is 17.7 Å². The van der Waals surface area contributed by atoms with E-state index in [1.54, 1.807) is 0 Å². The highest BCUT2D eigenvalue weighted by Crippen LogP contribution is 2.12. The van der Waals surface area contributed by atoms with Gasteiger partial charge in [0, 0.05) is 6.08 Å². The van der Waals surface area contributed by atoms with E-state index in [4.69, 9.17) is 11.3 Å². The van der Waals surface area contributed by atoms with Gasteiger partial charge in [-0.05, 0) is 19.4 Å². The summed E-state index contributed by atoms with van der Waals surface area (Å²) in [5.74, 6) is 0. The summed E-state index contributed by atoms with van der Waals surface area (Å²) in [6.45, 7) is 0.728. The summed E-state index contributed by atoms with van der Waals surface area (Å²) in [5.41, 5.74) is 15.8. The molecule has 64 valence electrons.